The fraction of sp³-hybridized carbons (Fsp3) is 0.0370. The Morgan fingerprint density at radius 3 is 2.36 bits per heavy atom. The maximum atomic E-state index is 14.0. The maximum absolute atomic E-state index is 14.0. The molecule has 0 saturated heterocycles. The highest BCUT2D eigenvalue weighted by Gasteiger charge is 2.15. The summed E-state index contributed by atoms with van der Waals surface area (Å²) in [4.78, 5) is 12.7. The third kappa shape index (κ3) is 4.89. The summed E-state index contributed by atoms with van der Waals surface area (Å²) in [6, 6.07) is 24.8. The minimum atomic E-state index is -0.754. The summed E-state index contributed by atoms with van der Waals surface area (Å²) in [5.74, 6) is -1.38. The minimum Gasteiger partial charge on any atom is -0.488 e. The largest absolute Gasteiger partial charge is 0.488 e. The first kappa shape index (κ1) is 21.7. The zero-order chi connectivity index (χ0) is 23.2. The molecule has 0 aliphatic rings. The van der Waals surface area contributed by atoms with Gasteiger partial charge < -0.3 is 10.1 Å². The number of nitriles is 1. The SMILES string of the molecule is N#C/C(=C\c1c(OCc2ccccc2F)ccc2ccccc12)C(=O)Nc1ccccc1F. The van der Waals surface area contributed by atoms with Crippen LogP contribution in [0.5, 0.6) is 5.75 Å². The molecule has 0 fully saturated rings. The predicted octanol–water partition coefficient (Wildman–Crippen LogP) is 6.24. The Morgan fingerprint density at radius 1 is 0.909 bits per heavy atom. The lowest BCUT2D eigenvalue weighted by molar-refractivity contribution is -0.112. The fourth-order valence-electron chi connectivity index (χ4n) is 3.37. The number of anilines is 1. The highest BCUT2D eigenvalue weighted by Crippen LogP contribution is 2.31. The van der Waals surface area contributed by atoms with Gasteiger partial charge in [0.25, 0.3) is 5.91 Å². The predicted molar refractivity (Wildman–Crippen MR) is 123 cm³/mol. The number of benzene rings is 4. The van der Waals surface area contributed by atoms with E-state index in [2.05, 4.69) is 5.32 Å². The fourth-order valence-corrected chi connectivity index (χ4v) is 3.37. The smallest absolute Gasteiger partial charge is 0.266 e. The Morgan fingerprint density at radius 2 is 1.61 bits per heavy atom. The van der Waals surface area contributed by atoms with E-state index >= 15 is 0 Å². The van der Waals surface area contributed by atoms with Gasteiger partial charge in [-0.25, -0.2) is 8.78 Å². The molecule has 6 heteroatoms. The van der Waals surface area contributed by atoms with E-state index in [1.54, 1.807) is 30.3 Å². The van der Waals surface area contributed by atoms with Crippen LogP contribution < -0.4 is 10.1 Å². The number of carbonyl (C=O) groups excluding carboxylic acids is 1. The molecular weight excluding hydrogens is 422 g/mol. The lowest BCUT2D eigenvalue weighted by Gasteiger charge is -2.13. The van der Waals surface area contributed by atoms with Gasteiger partial charge in [-0.3, -0.25) is 4.79 Å². The van der Waals surface area contributed by atoms with Gasteiger partial charge in [-0.1, -0.05) is 60.7 Å². The molecule has 4 rings (SSSR count). The number of amides is 1. The van der Waals surface area contributed by atoms with E-state index in [1.807, 2.05) is 36.4 Å². The van der Waals surface area contributed by atoms with Crippen molar-refractivity contribution in [3.8, 4) is 11.8 Å². The number of hydrogen-bond donors (Lipinski definition) is 1. The van der Waals surface area contributed by atoms with E-state index in [1.165, 1.54) is 30.3 Å². The van der Waals surface area contributed by atoms with E-state index < -0.39 is 17.5 Å². The van der Waals surface area contributed by atoms with Crippen molar-refractivity contribution < 1.29 is 18.3 Å². The average Bonchev–Trinajstić information content (AvgIpc) is 2.83. The molecule has 33 heavy (non-hydrogen) atoms. The van der Waals surface area contributed by atoms with E-state index in [4.69, 9.17) is 4.74 Å². The van der Waals surface area contributed by atoms with Gasteiger partial charge in [-0.2, -0.15) is 5.26 Å². The molecule has 1 amide bonds. The first-order valence-corrected chi connectivity index (χ1v) is 10.1. The van der Waals surface area contributed by atoms with Gasteiger partial charge in [0.15, 0.2) is 0 Å². The second-order valence-corrected chi connectivity index (χ2v) is 7.18. The summed E-state index contributed by atoms with van der Waals surface area (Å²) < 4.78 is 33.9. The van der Waals surface area contributed by atoms with Crippen molar-refractivity contribution in [1.82, 2.24) is 0 Å². The van der Waals surface area contributed by atoms with Crippen molar-refractivity contribution in [3.05, 3.63) is 113 Å². The summed E-state index contributed by atoms with van der Waals surface area (Å²) in [5.41, 5.74) is 0.603. The van der Waals surface area contributed by atoms with Crippen LogP contribution in [0.2, 0.25) is 0 Å². The van der Waals surface area contributed by atoms with Crippen LogP contribution in [0.15, 0.2) is 90.5 Å². The zero-order valence-electron chi connectivity index (χ0n) is 17.4. The normalized spacial score (nSPS) is 11.1. The number of nitrogens with one attached hydrogen (secondary N) is 1. The Bertz CT molecular complexity index is 1410. The number of rotatable bonds is 6. The van der Waals surface area contributed by atoms with Gasteiger partial charge >= 0.3 is 0 Å². The van der Waals surface area contributed by atoms with Crippen molar-refractivity contribution in [2.75, 3.05) is 5.32 Å². The van der Waals surface area contributed by atoms with Crippen LogP contribution in [0.25, 0.3) is 16.8 Å². The van der Waals surface area contributed by atoms with Crippen LogP contribution in [0.4, 0.5) is 14.5 Å². The Labute approximate surface area is 189 Å². The van der Waals surface area contributed by atoms with Crippen LogP contribution in [0.3, 0.4) is 0 Å². The Balaban J connectivity index is 1.72. The van der Waals surface area contributed by atoms with Crippen molar-refractivity contribution in [1.29, 1.82) is 5.26 Å². The van der Waals surface area contributed by atoms with Crippen LogP contribution >= 0.6 is 0 Å². The number of nitrogens with zero attached hydrogens (tertiary/aromatic N) is 1. The molecule has 162 valence electrons. The number of para-hydroxylation sites is 1. The Kier molecular flexibility index (Phi) is 6.42. The molecule has 0 saturated carbocycles. The highest BCUT2D eigenvalue weighted by atomic mass is 19.1. The highest BCUT2D eigenvalue weighted by molar-refractivity contribution is 6.11. The minimum absolute atomic E-state index is 0.0300. The molecule has 0 atom stereocenters. The Hall–Kier alpha value is -4.50. The second-order valence-electron chi connectivity index (χ2n) is 7.18. The molecule has 4 nitrogen and oxygen atoms in total. The first-order valence-electron chi connectivity index (χ1n) is 10.1. The number of ether oxygens (including phenoxy) is 1. The summed E-state index contributed by atoms with van der Waals surface area (Å²) >= 11 is 0. The number of fused-ring (bicyclic) bond motifs is 1. The van der Waals surface area contributed by atoms with Gasteiger partial charge in [-0.05, 0) is 41.1 Å². The van der Waals surface area contributed by atoms with Crippen molar-refractivity contribution in [2.45, 2.75) is 6.61 Å². The molecule has 0 aliphatic carbocycles. The molecule has 4 aromatic rings. The monoisotopic (exact) mass is 440 g/mol. The third-order valence-electron chi connectivity index (χ3n) is 5.05. The van der Waals surface area contributed by atoms with Crippen LogP contribution in [0, 0.1) is 23.0 Å². The van der Waals surface area contributed by atoms with E-state index in [0.717, 1.165) is 10.8 Å². The van der Waals surface area contributed by atoms with Crippen LogP contribution in [0.1, 0.15) is 11.1 Å². The molecule has 4 aromatic carbocycles. The van der Waals surface area contributed by atoms with Crippen LogP contribution in [-0.2, 0) is 11.4 Å². The number of halogens is 2. The van der Waals surface area contributed by atoms with Crippen molar-refractivity contribution >= 4 is 28.4 Å². The van der Waals surface area contributed by atoms with E-state index in [-0.39, 0.29) is 17.9 Å². The lowest BCUT2D eigenvalue weighted by Crippen LogP contribution is -2.14. The number of hydrogen-bond acceptors (Lipinski definition) is 3. The van der Waals surface area contributed by atoms with Crippen LogP contribution in [-0.4, -0.2) is 5.91 Å². The molecule has 0 heterocycles. The van der Waals surface area contributed by atoms with Crippen molar-refractivity contribution in [2.24, 2.45) is 0 Å². The molecular formula is C27H18F2N2O2. The van der Waals surface area contributed by atoms with Gasteiger partial charge in [0.2, 0.25) is 0 Å². The summed E-state index contributed by atoms with van der Waals surface area (Å²) in [6.07, 6.45) is 1.40. The first-order chi connectivity index (χ1) is 16.1. The van der Waals surface area contributed by atoms with Gasteiger partial charge in [-0.15, -0.1) is 0 Å². The summed E-state index contributed by atoms with van der Waals surface area (Å²) in [6.45, 7) is -0.0326. The maximum Gasteiger partial charge on any atom is 0.266 e. The van der Waals surface area contributed by atoms with E-state index in [0.29, 0.717) is 16.9 Å². The number of carbonyl (C=O) groups is 1. The van der Waals surface area contributed by atoms with E-state index in [9.17, 15) is 18.8 Å². The summed E-state index contributed by atoms with van der Waals surface area (Å²) in [5, 5.41) is 13.7. The van der Waals surface area contributed by atoms with Gasteiger partial charge in [0, 0.05) is 11.1 Å². The molecule has 0 radical (unpaired) electrons. The second kappa shape index (κ2) is 9.75. The molecule has 1 N–H and O–H groups in total. The molecule has 0 bridgehead atoms. The standard InChI is InChI=1S/C27H18F2N2O2/c28-23-10-4-2-8-19(23)17-33-26-14-13-18-7-1-3-9-21(18)22(26)15-20(16-30)27(32)31-25-12-6-5-11-24(25)29/h1-15H,17H2,(H,31,32)/b20-15+. The van der Waals surface area contributed by atoms with Crippen molar-refractivity contribution in [3.63, 3.8) is 0 Å². The molecule has 0 spiro atoms. The quantitative estimate of drug-likeness (QED) is 0.285. The third-order valence-corrected chi connectivity index (χ3v) is 5.05. The summed E-state index contributed by atoms with van der Waals surface area (Å²) in [7, 11) is 0. The van der Waals surface area contributed by atoms with Gasteiger partial charge in [0.05, 0.1) is 5.69 Å². The molecule has 0 unspecified atom stereocenters. The zero-order valence-corrected chi connectivity index (χ0v) is 17.4. The molecule has 0 aromatic heterocycles. The van der Waals surface area contributed by atoms with Gasteiger partial charge in [0.1, 0.15) is 35.6 Å². The average molecular weight is 440 g/mol. The molecule has 0 aliphatic heterocycles. The topological polar surface area (TPSA) is 62.1 Å². The lowest BCUT2D eigenvalue weighted by atomic mass is 10.0.